The Morgan fingerprint density at radius 3 is 2.54 bits per heavy atom. The van der Waals surface area contributed by atoms with Gasteiger partial charge in [-0.1, -0.05) is 32.6 Å². The Morgan fingerprint density at radius 1 is 1.23 bits per heavy atom. The van der Waals surface area contributed by atoms with Gasteiger partial charge in [0.25, 0.3) is 0 Å². The first-order valence-corrected chi connectivity index (χ1v) is 4.43. The van der Waals surface area contributed by atoms with E-state index in [1.54, 1.807) is 0 Å². The maximum absolute atomic E-state index is 10.9. The third kappa shape index (κ3) is 9.07. The van der Waals surface area contributed by atoms with Gasteiger partial charge in [-0.3, -0.25) is 0 Å². The molecule has 0 bridgehead atoms. The highest BCUT2D eigenvalue weighted by Gasteiger charge is 2.03. The maximum atomic E-state index is 10.9. The third-order valence-corrected chi connectivity index (χ3v) is 1.57. The lowest BCUT2D eigenvalue weighted by Crippen LogP contribution is -2.06. The summed E-state index contributed by atoms with van der Waals surface area (Å²) in [5, 5.41) is 2.62. The minimum atomic E-state index is -1.14. The predicted octanol–water partition coefficient (Wildman–Crippen LogP) is 2.93. The molecule has 0 radical (unpaired) electrons. The van der Waals surface area contributed by atoms with Crippen LogP contribution in [0.4, 0.5) is 9.32 Å². The van der Waals surface area contributed by atoms with Gasteiger partial charge in [0.2, 0.25) is 0 Å². The molecule has 4 nitrogen and oxygen atoms in total. The van der Waals surface area contributed by atoms with Crippen LogP contribution in [0.25, 0.3) is 0 Å². The van der Waals surface area contributed by atoms with E-state index in [-0.39, 0.29) is 6.61 Å². The van der Waals surface area contributed by atoms with Crippen LogP contribution in [-0.2, 0) is 14.7 Å². The first-order chi connectivity index (χ1) is 6.31. The van der Waals surface area contributed by atoms with Gasteiger partial charge < -0.3 is 4.74 Å². The monoisotopic (exact) mass is 194 g/mol. The van der Waals surface area contributed by atoms with E-state index < -0.39 is 6.16 Å². The van der Waals surface area contributed by atoms with Crippen molar-refractivity contribution in [2.45, 2.75) is 39.0 Å². The summed E-state index contributed by atoms with van der Waals surface area (Å²) in [6.45, 7) is 2.36. The Morgan fingerprint density at radius 2 is 1.92 bits per heavy atom. The zero-order valence-electron chi connectivity index (χ0n) is 7.75. The largest absolute Gasteiger partial charge is 0.542 e. The minimum Gasteiger partial charge on any atom is -0.432 e. The van der Waals surface area contributed by atoms with Crippen LogP contribution in [0.3, 0.4) is 0 Å². The van der Waals surface area contributed by atoms with Crippen LogP contribution < -0.4 is 0 Å². The molecule has 0 aliphatic carbocycles. The summed E-state index contributed by atoms with van der Waals surface area (Å²) >= 11 is 0. The molecule has 0 aliphatic rings. The summed E-state index contributed by atoms with van der Waals surface area (Å²) in [4.78, 5) is 13.8. The highest BCUT2D eigenvalue weighted by atomic mass is 19.3. The van der Waals surface area contributed by atoms with Gasteiger partial charge in [-0.2, -0.15) is 0 Å². The van der Waals surface area contributed by atoms with E-state index in [0.717, 1.165) is 19.3 Å². The molecule has 0 unspecified atom stereocenters. The molecule has 0 N–H and O–H groups in total. The Hall–Kier alpha value is -0.840. The number of unbranched alkanes of at least 4 members (excludes halogenated alkanes) is 4. The normalized spacial score (nSPS) is 9.69. The highest BCUT2D eigenvalue weighted by Crippen LogP contribution is 2.02. The number of hydrogen-bond acceptors (Lipinski definition) is 4. The van der Waals surface area contributed by atoms with E-state index in [4.69, 9.17) is 0 Å². The van der Waals surface area contributed by atoms with Crippen molar-refractivity contribution in [3.8, 4) is 0 Å². The van der Waals surface area contributed by atoms with E-state index >= 15 is 0 Å². The van der Waals surface area contributed by atoms with Crippen molar-refractivity contribution in [1.82, 2.24) is 0 Å². The fourth-order valence-corrected chi connectivity index (χ4v) is 0.911. The van der Waals surface area contributed by atoms with Gasteiger partial charge in [-0.05, 0) is 10.9 Å². The van der Waals surface area contributed by atoms with E-state index in [2.05, 4.69) is 21.6 Å². The molecule has 0 heterocycles. The topological polar surface area (TPSA) is 44.8 Å². The third-order valence-electron chi connectivity index (χ3n) is 1.57. The second-order valence-electron chi connectivity index (χ2n) is 2.66. The minimum absolute atomic E-state index is 0.242. The molecule has 0 saturated heterocycles. The molecule has 0 aromatic heterocycles. The molecular formula is C8H15FO4. The van der Waals surface area contributed by atoms with Gasteiger partial charge in [0.05, 0.1) is 6.61 Å². The molecule has 0 amide bonds. The van der Waals surface area contributed by atoms with Crippen molar-refractivity contribution >= 4 is 6.16 Å². The zero-order chi connectivity index (χ0) is 9.94. The van der Waals surface area contributed by atoms with Crippen LogP contribution in [-0.4, -0.2) is 12.8 Å². The van der Waals surface area contributed by atoms with Crippen molar-refractivity contribution < 1.29 is 24.0 Å². The maximum Gasteiger partial charge on any atom is 0.542 e. The molecule has 0 fully saturated rings. The van der Waals surface area contributed by atoms with E-state index in [1.807, 2.05) is 0 Å². The molecule has 0 rings (SSSR count). The van der Waals surface area contributed by atoms with Crippen molar-refractivity contribution in [2.75, 3.05) is 6.61 Å². The van der Waals surface area contributed by atoms with Crippen LogP contribution in [0.15, 0.2) is 0 Å². The molecule has 78 valence electrons. The number of ether oxygens (including phenoxy) is 1. The summed E-state index contributed by atoms with van der Waals surface area (Å²) in [6, 6.07) is 0. The second kappa shape index (κ2) is 9.25. The molecular weight excluding hydrogens is 179 g/mol. The van der Waals surface area contributed by atoms with Gasteiger partial charge in [-0.15, -0.1) is 0 Å². The molecule has 13 heavy (non-hydrogen) atoms. The van der Waals surface area contributed by atoms with Crippen LogP contribution in [0.5, 0.6) is 0 Å². The van der Waals surface area contributed by atoms with Gasteiger partial charge >= 0.3 is 6.16 Å². The van der Waals surface area contributed by atoms with Crippen LogP contribution in [0, 0.1) is 0 Å². The molecule has 0 aliphatic heterocycles. The molecule has 0 saturated carbocycles. The Balaban J connectivity index is 3.02. The lowest BCUT2D eigenvalue weighted by Gasteiger charge is -2.01. The molecule has 0 aromatic carbocycles. The summed E-state index contributed by atoms with van der Waals surface area (Å²) < 4.78 is 15.3. The summed E-state index contributed by atoms with van der Waals surface area (Å²) in [6.07, 6.45) is 4.09. The standard InChI is InChI=1S/C8H15FO4/c1-2-3-4-5-6-7-11-8(10)12-13-9/h2-7H2,1H3. The van der Waals surface area contributed by atoms with Crippen LogP contribution in [0.1, 0.15) is 39.0 Å². The number of halogens is 1. The van der Waals surface area contributed by atoms with Crippen molar-refractivity contribution in [3.05, 3.63) is 0 Å². The molecule has 0 spiro atoms. The molecule has 5 heteroatoms. The van der Waals surface area contributed by atoms with Crippen molar-refractivity contribution in [1.29, 1.82) is 0 Å². The summed E-state index contributed by atoms with van der Waals surface area (Å²) in [5.41, 5.74) is 0. The van der Waals surface area contributed by atoms with Gasteiger partial charge in [0.15, 0.2) is 0 Å². The first-order valence-electron chi connectivity index (χ1n) is 4.43. The number of hydrogen-bond donors (Lipinski definition) is 0. The quantitative estimate of drug-likeness (QED) is 0.270. The first kappa shape index (κ1) is 12.2. The lowest BCUT2D eigenvalue weighted by molar-refractivity contribution is -0.396. The fourth-order valence-electron chi connectivity index (χ4n) is 0.911. The van der Waals surface area contributed by atoms with Crippen LogP contribution >= 0.6 is 0 Å². The average Bonchev–Trinajstić information content (AvgIpc) is 2.11. The number of rotatable bonds is 7. The summed E-state index contributed by atoms with van der Waals surface area (Å²) in [7, 11) is 0. The van der Waals surface area contributed by atoms with E-state index in [1.165, 1.54) is 12.8 Å². The summed E-state index contributed by atoms with van der Waals surface area (Å²) in [5.74, 6) is 0. The average molecular weight is 194 g/mol. The fraction of sp³-hybridized carbons (Fsp3) is 0.875. The SMILES string of the molecule is CCCCCCCOC(=O)OOF. The number of carbonyl (C=O) groups is 1. The Kier molecular flexibility index (Phi) is 8.65. The van der Waals surface area contributed by atoms with Crippen molar-refractivity contribution in [2.24, 2.45) is 0 Å². The highest BCUT2D eigenvalue weighted by molar-refractivity contribution is 5.58. The number of carbonyl (C=O) groups excluding carboxylic acids is 1. The van der Waals surface area contributed by atoms with E-state index in [9.17, 15) is 9.32 Å². The van der Waals surface area contributed by atoms with Crippen LogP contribution in [0.2, 0.25) is 0 Å². The zero-order valence-corrected chi connectivity index (χ0v) is 7.75. The van der Waals surface area contributed by atoms with Gasteiger partial charge in [0, 0.05) is 5.09 Å². The van der Waals surface area contributed by atoms with Gasteiger partial charge in [0.1, 0.15) is 0 Å². The second-order valence-corrected chi connectivity index (χ2v) is 2.66. The Bertz CT molecular complexity index is 129. The Labute approximate surface area is 76.8 Å². The molecule has 0 aromatic rings. The smallest absolute Gasteiger partial charge is 0.432 e. The van der Waals surface area contributed by atoms with Crippen molar-refractivity contribution in [3.63, 3.8) is 0 Å². The van der Waals surface area contributed by atoms with E-state index in [0.29, 0.717) is 0 Å². The lowest BCUT2D eigenvalue weighted by atomic mass is 10.2. The predicted molar refractivity (Wildman–Crippen MR) is 43.4 cm³/mol. The molecule has 0 atom stereocenters. The van der Waals surface area contributed by atoms with Gasteiger partial charge in [-0.25, -0.2) is 9.68 Å².